The fraction of sp³-hybridized carbons (Fsp3) is 0.500. The molecule has 1 rings (SSSR count). The average Bonchev–Trinajstić information content (AvgIpc) is 1.99. The van der Waals surface area contributed by atoms with Crippen LogP contribution >= 0.6 is 0 Å². The van der Waals surface area contributed by atoms with E-state index in [9.17, 15) is 26.3 Å². The Morgan fingerprint density at radius 3 is 2.00 bits per heavy atom. The standard InChI is InChI=1S/C8H7F6N/c9-7(10,11)4-1-2-5(6(15)3-4)8(12,13)14/h2-4H,1,15H2. The fourth-order valence-corrected chi connectivity index (χ4v) is 1.24. The van der Waals surface area contributed by atoms with Gasteiger partial charge in [-0.05, 0) is 12.5 Å². The number of hydrogen-bond acceptors (Lipinski definition) is 1. The predicted molar refractivity (Wildman–Crippen MR) is 40.6 cm³/mol. The van der Waals surface area contributed by atoms with E-state index < -0.39 is 36.0 Å². The molecule has 0 amide bonds. The zero-order valence-electron chi connectivity index (χ0n) is 7.28. The van der Waals surface area contributed by atoms with Gasteiger partial charge in [0.1, 0.15) is 0 Å². The van der Waals surface area contributed by atoms with Crippen molar-refractivity contribution in [3.63, 3.8) is 0 Å². The summed E-state index contributed by atoms with van der Waals surface area (Å²) in [6.07, 6.45) is -9.09. The third-order valence-electron chi connectivity index (χ3n) is 1.99. The normalized spacial score (nSPS) is 23.5. The maximum absolute atomic E-state index is 12.1. The lowest BCUT2D eigenvalue weighted by Crippen LogP contribution is -2.28. The third kappa shape index (κ3) is 2.66. The van der Waals surface area contributed by atoms with Gasteiger partial charge in [-0.15, -0.1) is 0 Å². The first-order valence-electron chi connectivity index (χ1n) is 3.94. The Kier molecular flexibility index (Phi) is 2.75. The van der Waals surface area contributed by atoms with Crippen LogP contribution in [0, 0.1) is 5.92 Å². The zero-order valence-corrected chi connectivity index (χ0v) is 7.28. The molecular weight excluding hydrogens is 224 g/mol. The summed E-state index contributed by atoms with van der Waals surface area (Å²) in [4.78, 5) is 0. The number of hydrogen-bond donors (Lipinski definition) is 1. The zero-order chi connectivity index (χ0) is 11.9. The van der Waals surface area contributed by atoms with Crippen LogP contribution in [0.1, 0.15) is 6.42 Å². The van der Waals surface area contributed by atoms with E-state index in [1.54, 1.807) is 0 Å². The highest BCUT2D eigenvalue weighted by Crippen LogP contribution is 2.38. The van der Waals surface area contributed by atoms with Crippen molar-refractivity contribution in [3.05, 3.63) is 23.4 Å². The quantitative estimate of drug-likeness (QED) is 0.637. The smallest absolute Gasteiger partial charge is 0.398 e. The van der Waals surface area contributed by atoms with Crippen LogP contribution < -0.4 is 5.73 Å². The Morgan fingerprint density at radius 1 is 1.13 bits per heavy atom. The Morgan fingerprint density at radius 2 is 1.67 bits per heavy atom. The Hall–Kier alpha value is -1.14. The molecule has 0 spiro atoms. The highest BCUT2D eigenvalue weighted by atomic mass is 19.4. The summed E-state index contributed by atoms with van der Waals surface area (Å²) >= 11 is 0. The Labute approximate surface area is 81.2 Å². The molecule has 1 nitrogen and oxygen atoms in total. The topological polar surface area (TPSA) is 26.0 Å². The Bertz CT molecular complexity index is 308. The first-order chi connectivity index (χ1) is 6.62. The van der Waals surface area contributed by atoms with Gasteiger partial charge in [-0.25, -0.2) is 0 Å². The molecule has 0 aliphatic heterocycles. The van der Waals surface area contributed by atoms with Crippen molar-refractivity contribution in [1.82, 2.24) is 0 Å². The van der Waals surface area contributed by atoms with Crippen molar-refractivity contribution in [1.29, 1.82) is 0 Å². The number of rotatable bonds is 0. The van der Waals surface area contributed by atoms with Crippen molar-refractivity contribution in [2.75, 3.05) is 0 Å². The van der Waals surface area contributed by atoms with Crippen molar-refractivity contribution < 1.29 is 26.3 Å². The maximum atomic E-state index is 12.1. The van der Waals surface area contributed by atoms with Gasteiger partial charge < -0.3 is 5.73 Å². The summed E-state index contributed by atoms with van der Waals surface area (Å²) in [6, 6.07) is 0. The summed E-state index contributed by atoms with van der Waals surface area (Å²) in [5, 5.41) is 0. The van der Waals surface area contributed by atoms with E-state index in [0.717, 1.165) is 0 Å². The molecule has 2 N–H and O–H groups in total. The van der Waals surface area contributed by atoms with E-state index in [2.05, 4.69) is 0 Å². The van der Waals surface area contributed by atoms with Gasteiger partial charge in [-0.1, -0.05) is 6.08 Å². The molecule has 0 heterocycles. The average molecular weight is 231 g/mol. The summed E-state index contributed by atoms with van der Waals surface area (Å²) < 4.78 is 72.8. The summed E-state index contributed by atoms with van der Waals surface area (Å²) in [7, 11) is 0. The van der Waals surface area contributed by atoms with Crippen LogP contribution in [-0.4, -0.2) is 12.4 Å². The third-order valence-corrected chi connectivity index (χ3v) is 1.99. The molecule has 1 aliphatic rings. The van der Waals surface area contributed by atoms with Crippen molar-refractivity contribution >= 4 is 0 Å². The summed E-state index contributed by atoms with van der Waals surface area (Å²) in [5.41, 5.74) is 2.87. The van der Waals surface area contributed by atoms with Crippen LogP contribution in [0.25, 0.3) is 0 Å². The lowest BCUT2D eigenvalue weighted by atomic mass is 9.93. The Balaban J connectivity index is 2.91. The minimum Gasteiger partial charge on any atom is -0.398 e. The van der Waals surface area contributed by atoms with Gasteiger partial charge in [-0.2, -0.15) is 26.3 Å². The second-order valence-corrected chi connectivity index (χ2v) is 3.12. The van der Waals surface area contributed by atoms with Gasteiger partial charge in [0.05, 0.1) is 11.5 Å². The lowest BCUT2D eigenvalue weighted by Gasteiger charge is -2.22. The number of halogens is 6. The minimum atomic E-state index is -4.70. The molecule has 7 heteroatoms. The second-order valence-electron chi connectivity index (χ2n) is 3.12. The molecule has 0 fully saturated rings. The van der Waals surface area contributed by atoms with E-state index in [0.29, 0.717) is 12.2 Å². The molecule has 0 aromatic heterocycles. The van der Waals surface area contributed by atoms with Crippen molar-refractivity contribution in [2.45, 2.75) is 18.8 Å². The van der Waals surface area contributed by atoms with Crippen LogP contribution in [0.5, 0.6) is 0 Å². The second kappa shape index (κ2) is 3.46. The van der Waals surface area contributed by atoms with E-state index >= 15 is 0 Å². The van der Waals surface area contributed by atoms with Crippen LogP contribution in [0.2, 0.25) is 0 Å². The number of allylic oxidation sites excluding steroid dienone is 3. The molecule has 1 aliphatic carbocycles. The molecule has 1 unspecified atom stereocenters. The highest BCUT2D eigenvalue weighted by Gasteiger charge is 2.43. The van der Waals surface area contributed by atoms with Gasteiger partial charge in [0.2, 0.25) is 0 Å². The molecule has 0 saturated heterocycles. The fourth-order valence-electron chi connectivity index (χ4n) is 1.24. The first kappa shape index (κ1) is 11.9. The van der Waals surface area contributed by atoms with Crippen LogP contribution in [0.4, 0.5) is 26.3 Å². The predicted octanol–water partition coefficient (Wildman–Crippen LogP) is 2.90. The first-order valence-corrected chi connectivity index (χ1v) is 3.94. The molecular formula is C8H7F6N. The molecule has 0 aromatic carbocycles. The van der Waals surface area contributed by atoms with E-state index in [1.807, 2.05) is 0 Å². The lowest BCUT2D eigenvalue weighted by molar-refractivity contribution is -0.161. The van der Waals surface area contributed by atoms with E-state index in [1.165, 1.54) is 0 Å². The molecule has 0 radical (unpaired) electrons. The molecule has 0 aromatic rings. The SMILES string of the molecule is NC1=CC(C(F)(F)F)CC=C1C(F)(F)F. The minimum absolute atomic E-state index is 0.406. The summed E-state index contributed by atoms with van der Waals surface area (Å²) in [6.45, 7) is 0. The maximum Gasteiger partial charge on any atom is 0.418 e. The highest BCUT2D eigenvalue weighted by molar-refractivity contribution is 5.36. The monoisotopic (exact) mass is 231 g/mol. The van der Waals surface area contributed by atoms with Crippen LogP contribution in [0.3, 0.4) is 0 Å². The van der Waals surface area contributed by atoms with Crippen LogP contribution in [-0.2, 0) is 0 Å². The summed E-state index contributed by atoms with van der Waals surface area (Å²) in [5.74, 6) is -1.93. The molecule has 15 heavy (non-hydrogen) atoms. The molecule has 86 valence electrons. The molecule has 0 bridgehead atoms. The van der Waals surface area contributed by atoms with Gasteiger partial charge in [0.25, 0.3) is 0 Å². The van der Waals surface area contributed by atoms with E-state index in [-0.39, 0.29) is 0 Å². The number of nitrogens with two attached hydrogens (primary N) is 1. The van der Waals surface area contributed by atoms with Gasteiger partial charge in [-0.3, -0.25) is 0 Å². The van der Waals surface area contributed by atoms with Gasteiger partial charge >= 0.3 is 12.4 Å². The van der Waals surface area contributed by atoms with Crippen molar-refractivity contribution in [3.8, 4) is 0 Å². The van der Waals surface area contributed by atoms with Crippen LogP contribution in [0.15, 0.2) is 23.4 Å². The molecule has 1 atom stereocenters. The van der Waals surface area contributed by atoms with Crippen molar-refractivity contribution in [2.24, 2.45) is 11.7 Å². The molecule has 0 saturated carbocycles. The van der Waals surface area contributed by atoms with Gasteiger partial charge in [0.15, 0.2) is 0 Å². The van der Waals surface area contributed by atoms with E-state index in [4.69, 9.17) is 5.73 Å². The van der Waals surface area contributed by atoms with Gasteiger partial charge in [0, 0.05) is 5.70 Å². The number of alkyl halides is 6. The largest absolute Gasteiger partial charge is 0.418 e.